The van der Waals surface area contributed by atoms with Crippen LogP contribution in [0.4, 0.5) is 0 Å². The summed E-state index contributed by atoms with van der Waals surface area (Å²) in [5, 5.41) is 10.9. The van der Waals surface area contributed by atoms with Gasteiger partial charge in [-0.25, -0.2) is 0 Å². The van der Waals surface area contributed by atoms with Crippen LogP contribution in [0.15, 0.2) is 30.5 Å². The predicted molar refractivity (Wildman–Crippen MR) is 116 cm³/mol. The summed E-state index contributed by atoms with van der Waals surface area (Å²) in [5.74, 6) is -0.593. The van der Waals surface area contributed by atoms with E-state index < -0.39 is 5.92 Å². The van der Waals surface area contributed by atoms with E-state index in [4.69, 9.17) is 10.1 Å². The lowest BCUT2D eigenvalue weighted by Crippen LogP contribution is -2.46. The SMILES string of the molecule is CON1CCC2(CC1)CC(=O)C(c1c(C)cc(-c3ccc(C#N)cn3)cc1C)C(=O)C2. The summed E-state index contributed by atoms with van der Waals surface area (Å²) in [6.45, 7) is 5.42. The van der Waals surface area contributed by atoms with E-state index in [-0.39, 0.29) is 17.0 Å². The molecule has 1 saturated heterocycles. The molecule has 1 saturated carbocycles. The van der Waals surface area contributed by atoms with E-state index >= 15 is 0 Å². The fourth-order valence-corrected chi connectivity index (χ4v) is 5.21. The second kappa shape index (κ2) is 8.33. The largest absolute Gasteiger partial charge is 0.302 e. The van der Waals surface area contributed by atoms with Crippen molar-refractivity contribution >= 4 is 11.6 Å². The number of hydrogen-bond acceptors (Lipinski definition) is 6. The average molecular weight is 418 g/mol. The number of piperidine rings is 1. The Morgan fingerprint density at radius 3 is 2.19 bits per heavy atom. The number of hydroxylamine groups is 2. The van der Waals surface area contributed by atoms with Crippen LogP contribution in [-0.2, 0) is 14.4 Å². The molecule has 1 aliphatic heterocycles. The topological polar surface area (TPSA) is 83.3 Å². The Morgan fingerprint density at radius 2 is 1.71 bits per heavy atom. The van der Waals surface area contributed by atoms with Gasteiger partial charge in [0.2, 0.25) is 0 Å². The third kappa shape index (κ3) is 4.04. The third-order valence-electron chi connectivity index (χ3n) is 6.85. The maximum absolute atomic E-state index is 13.3. The number of pyridine rings is 1. The monoisotopic (exact) mass is 417 g/mol. The Bertz CT molecular complexity index is 1020. The highest BCUT2D eigenvalue weighted by molar-refractivity contribution is 6.10. The number of ketones is 2. The normalized spacial score (nSPS) is 19.5. The number of nitriles is 1. The Balaban J connectivity index is 1.60. The molecule has 2 heterocycles. The summed E-state index contributed by atoms with van der Waals surface area (Å²) >= 11 is 0. The Hall–Kier alpha value is -2.88. The Labute approximate surface area is 182 Å². The number of Topliss-reactive ketones (excluding diaryl/α,β-unsaturated/α-hetero) is 2. The first-order chi connectivity index (χ1) is 14.9. The number of aryl methyl sites for hydroxylation is 2. The van der Waals surface area contributed by atoms with Gasteiger partial charge < -0.3 is 4.84 Å². The van der Waals surface area contributed by atoms with E-state index in [0.717, 1.165) is 53.9 Å². The van der Waals surface area contributed by atoms with Crippen LogP contribution in [-0.4, -0.2) is 41.8 Å². The van der Waals surface area contributed by atoms with Gasteiger partial charge in [0.15, 0.2) is 0 Å². The smallest absolute Gasteiger partial charge is 0.148 e. The summed E-state index contributed by atoms with van der Waals surface area (Å²) in [7, 11) is 1.66. The van der Waals surface area contributed by atoms with Crippen molar-refractivity contribution in [2.24, 2.45) is 5.41 Å². The van der Waals surface area contributed by atoms with Crippen molar-refractivity contribution in [3.05, 3.63) is 52.7 Å². The minimum Gasteiger partial charge on any atom is -0.302 e. The third-order valence-corrected chi connectivity index (χ3v) is 6.85. The molecular formula is C25H27N3O3. The van der Waals surface area contributed by atoms with E-state index in [2.05, 4.69) is 11.1 Å². The van der Waals surface area contributed by atoms with Crippen LogP contribution in [0, 0.1) is 30.6 Å². The second-order valence-corrected chi connectivity index (χ2v) is 8.90. The van der Waals surface area contributed by atoms with Crippen LogP contribution >= 0.6 is 0 Å². The van der Waals surface area contributed by atoms with Gasteiger partial charge in [-0.2, -0.15) is 10.3 Å². The van der Waals surface area contributed by atoms with Crippen molar-refractivity contribution in [2.75, 3.05) is 20.2 Å². The van der Waals surface area contributed by atoms with Gasteiger partial charge in [0.25, 0.3) is 0 Å². The van der Waals surface area contributed by atoms with Crippen molar-refractivity contribution in [1.82, 2.24) is 10.0 Å². The quantitative estimate of drug-likeness (QED) is 0.705. The average Bonchev–Trinajstić information content (AvgIpc) is 2.75. The molecule has 160 valence electrons. The predicted octanol–water partition coefficient (Wildman–Crippen LogP) is 3.90. The standard InChI is InChI=1S/C25H27N3O3/c1-16-10-19(20-5-4-18(14-26)15-27-20)11-17(2)23(16)24-21(29)12-25(13-22(24)30)6-8-28(31-3)9-7-25/h4-5,10-11,15,24H,6-9,12-13H2,1-3H3. The Kier molecular flexibility index (Phi) is 5.74. The number of hydrogen-bond donors (Lipinski definition) is 0. The van der Waals surface area contributed by atoms with Crippen molar-refractivity contribution in [3.63, 3.8) is 0 Å². The molecule has 0 N–H and O–H groups in total. The fourth-order valence-electron chi connectivity index (χ4n) is 5.21. The molecule has 2 fully saturated rings. The summed E-state index contributed by atoms with van der Waals surface area (Å²) < 4.78 is 0. The zero-order valence-electron chi connectivity index (χ0n) is 18.3. The molecule has 4 rings (SSSR count). The lowest BCUT2D eigenvalue weighted by atomic mass is 9.63. The maximum atomic E-state index is 13.3. The van der Waals surface area contributed by atoms with Gasteiger partial charge in [-0.15, -0.1) is 0 Å². The Morgan fingerprint density at radius 1 is 1.10 bits per heavy atom. The molecule has 0 bridgehead atoms. The number of carbonyl (C=O) groups excluding carboxylic acids is 2. The molecule has 0 atom stereocenters. The first-order valence-electron chi connectivity index (χ1n) is 10.7. The zero-order valence-corrected chi connectivity index (χ0v) is 18.3. The molecule has 6 heteroatoms. The van der Waals surface area contributed by atoms with Crippen molar-refractivity contribution in [1.29, 1.82) is 5.26 Å². The highest BCUT2D eigenvalue weighted by Gasteiger charge is 2.47. The highest BCUT2D eigenvalue weighted by atomic mass is 16.7. The molecule has 0 radical (unpaired) electrons. The van der Waals surface area contributed by atoms with E-state index in [9.17, 15) is 9.59 Å². The van der Waals surface area contributed by atoms with Gasteiger partial charge in [-0.1, -0.05) is 0 Å². The number of benzene rings is 1. The van der Waals surface area contributed by atoms with Crippen molar-refractivity contribution in [2.45, 2.75) is 45.4 Å². The van der Waals surface area contributed by atoms with Crippen LogP contribution in [0.3, 0.4) is 0 Å². The van der Waals surface area contributed by atoms with Crippen molar-refractivity contribution < 1.29 is 14.4 Å². The van der Waals surface area contributed by atoms with E-state index in [0.29, 0.717) is 18.4 Å². The molecule has 1 aromatic carbocycles. The molecule has 0 unspecified atom stereocenters. The van der Waals surface area contributed by atoms with Gasteiger partial charge >= 0.3 is 0 Å². The number of aromatic nitrogens is 1. The van der Waals surface area contributed by atoms with Crippen LogP contribution < -0.4 is 0 Å². The molecule has 1 aromatic heterocycles. The van der Waals surface area contributed by atoms with E-state index in [1.54, 1.807) is 19.4 Å². The second-order valence-electron chi connectivity index (χ2n) is 8.90. The molecule has 31 heavy (non-hydrogen) atoms. The molecule has 2 aromatic rings. The fraction of sp³-hybridized carbons (Fsp3) is 0.440. The van der Waals surface area contributed by atoms with Gasteiger partial charge in [0.1, 0.15) is 23.6 Å². The zero-order chi connectivity index (χ0) is 22.2. The summed E-state index contributed by atoms with van der Waals surface area (Å²) in [6, 6.07) is 9.60. The molecule has 1 spiro atoms. The van der Waals surface area contributed by atoms with Crippen LogP contribution in [0.1, 0.15) is 53.9 Å². The molecule has 2 aliphatic rings. The summed E-state index contributed by atoms with van der Waals surface area (Å²) in [4.78, 5) is 36.2. The maximum Gasteiger partial charge on any atom is 0.148 e. The molecule has 6 nitrogen and oxygen atoms in total. The van der Waals surface area contributed by atoms with Gasteiger partial charge in [0.05, 0.1) is 18.4 Å². The number of nitrogens with zero attached hydrogens (tertiary/aromatic N) is 3. The van der Waals surface area contributed by atoms with Gasteiger partial charge in [-0.3, -0.25) is 14.6 Å². The van der Waals surface area contributed by atoms with Gasteiger partial charge in [0, 0.05) is 37.7 Å². The van der Waals surface area contributed by atoms with Crippen LogP contribution in [0.25, 0.3) is 11.3 Å². The molecule has 1 aliphatic carbocycles. The van der Waals surface area contributed by atoms with Crippen LogP contribution in [0.5, 0.6) is 0 Å². The summed E-state index contributed by atoms with van der Waals surface area (Å²) in [6.07, 6.45) is 4.09. The molecular weight excluding hydrogens is 390 g/mol. The minimum atomic E-state index is -0.672. The van der Waals surface area contributed by atoms with Gasteiger partial charge in [-0.05, 0) is 73.1 Å². The highest BCUT2D eigenvalue weighted by Crippen LogP contribution is 2.46. The first-order valence-corrected chi connectivity index (χ1v) is 10.7. The minimum absolute atomic E-state index is 0.0394. The van der Waals surface area contributed by atoms with Crippen LogP contribution in [0.2, 0.25) is 0 Å². The lowest BCUT2D eigenvalue weighted by molar-refractivity contribution is -0.166. The van der Waals surface area contributed by atoms with Crippen molar-refractivity contribution in [3.8, 4) is 17.3 Å². The number of carbonyl (C=O) groups is 2. The first kappa shape index (κ1) is 21.4. The number of rotatable bonds is 3. The molecule has 0 amide bonds. The lowest BCUT2D eigenvalue weighted by Gasteiger charge is -2.44. The summed E-state index contributed by atoms with van der Waals surface area (Å²) in [5.41, 5.74) is 4.68. The van der Waals surface area contributed by atoms with E-state index in [1.165, 1.54) is 0 Å². The van der Waals surface area contributed by atoms with E-state index in [1.807, 2.05) is 37.1 Å².